The van der Waals surface area contributed by atoms with Gasteiger partial charge in [0.25, 0.3) is 5.91 Å². The molecule has 0 saturated heterocycles. The molecule has 2 aromatic carbocycles. The van der Waals surface area contributed by atoms with Crippen LogP contribution in [-0.4, -0.2) is 40.3 Å². The SMILES string of the molecule is COc1cccc(-c2nn3c(c2C(N)=O)C(c2ccc(C#N)cc2)N(C(N)=O)CC3)c1. The summed E-state index contributed by atoms with van der Waals surface area (Å²) in [6.07, 6.45) is 0. The quantitative estimate of drug-likeness (QED) is 0.669. The fourth-order valence-corrected chi connectivity index (χ4v) is 3.93. The number of rotatable bonds is 4. The number of methoxy groups -OCH3 is 1. The van der Waals surface area contributed by atoms with E-state index in [0.29, 0.717) is 46.9 Å². The maximum Gasteiger partial charge on any atom is 0.315 e. The van der Waals surface area contributed by atoms with Gasteiger partial charge in [-0.3, -0.25) is 9.48 Å². The third-order valence-electron chi connectivity index (χ3n) is 5.34. The smallest absolute Gasteiger partial charge is 0.315 e. The number of nitriles is 1. The van der Waals surface area contributed by atoms with Crippen LogP contribution in [0, 0.1) is 11.3 Å². The van der Waals surface area contributed by atoms with E-state index in [1.54, 1.807) is 54.3 Å². The second kappa shape index (κ2) is 7.84. The molecule has 0 aliphatic carbocycles. The van der Waals surface area contributed by atoms with Gasteiger partial charge in [0.2, 0.25) is 0 Å². The Morgan fingerprint density at radius 1 is 1.16 bits per heavy atom. The number of nitrogens with zero attached hydrogens (tertiary/aromatic N) is 4. The van der Waals surface area contributed by atoms with Crippen molar-refractivity contribution in [1.82, 2.24) is 14.7 Å². The van der Waals surface area contributed by atoms with Crippen LogP contribution in [0.2, 0.25) is 0 Å². The summed E-state index contributed by atoms with van der Waals surface area (Å²) < 4.78 is 6.98. The fraction of sp³-hybridized carbons (Fsp3) is 0.182. The van der Waals surface area contributed by atoms with Crippen LogP contribution in [0.25, 0.3) is 11.3 Å². The van der Waals surface area contributed by atoms with Crippen LogP contribution in [0.4, 0.5) is 4.79 Å². The summed E-state index contributed by atoms with van der Waals surface area (Å²) in [4.78, 5) is 26.3. The first kappa shape index (κ1) is 20.0. The summed E-state index contributed by atoms with van der Waals surface area (Å²) in [6, 6.07) is 14.7. The lowest BCUT2D eigenvalue weighted by atomic mass is 9.94. The number of fused-ring (bicyclic) bond motifs is 1. The average molecular weight is 416 g/mol. The largest absolute Gasteiger partial charge is 0.497 e. The number of amides is 3. The number of hydrogen-bond acceptors (Lipinski definition) is 5. The molecule has 0 fully saturated rings. The average Bonchev–Trinajstić information content (AvgIpc) is 3.18. The van der Waals surface area contributed by atoms with Crippen molar-refractivity contribution in [2.45, 2.75) is 12.6 Å². The van der Waals surface area contributed by atoms with Crippen molar-refractivity contribution in [3.05, 3.63) is 70.9 Å². The Balaban J connectivity index is 1.95. The van der Waals surface area contributed by atoms with Crippen molar-refractivity contribution in [1.29, 1.82) is 5.26 Å². The van der Waals surface area contributed by atoms with Gasteiger partial charge in [0, 0.05) is 12.1 Å². The number of urea groups is 1. The maximum atomic E-state index is 12.6. The van der Waals surface area contributed by atoms with Crippen molar-refractivity contribution in [2.75, 3.05) is 13.7 Å². The Labute approximate surface area is 178 Å². The standard InChI is InChI=1S/C22H20N6O3/c1-31-16-4-2-3-15(11-16)18-17(21(24)29)20-19(14-7-5-13(12-23)6-8-14)27(22(25)30)9-10-28(20)26-18/h2-8,11,19H,9-10H2,1H3,(H2,24,29)(H2,25,30). The van der Waals surface area contributed by atoms with Gasteiger partial charge in [-0.15, -0.1) is 0 Å². The Hall–Kier alpha value is -4.32. The topological polar surface area (TPSA) is 140 Å². The van der Waals surface area contributed by atoms with Gasteiger partial charge >= 0.3 is 6.03 Å². The Morgan fingerprint density at radius 3 is 2.52 bits per heavy atom. The van der Waals surface area contributed by atoms with Gasteiger partial charge in [-0.2, -0.15) is 10.4 Å². The van der Waals surface area contributed by atoms with Crippen molar-refractivity contribution < 1.29 is 14.3 Å². The molecule has 4 N–H and O–H groups in total. The molecule has 3 aromatic rings. The van der Waals surface area contributed by atoms with Gasteiger partial charge in [0.1, 0.15) is 17.5 Å². The number of primary amides is 2. The molecule has 9 nitrogen and oxygen atoms in total. The third-order valence-corrected chi connectivity index (χ3v) is 5.34. The highest BCUT2D eigenvalue weighted by atomic mass is 16.5. The predicted molar refractivity (Wildman–Crippen MR) is 112 cm³/mol. The Kier molecular flexibility index (Phi) is 5.05. The monoisotopic (exact) mass is 416 g/mol. The van der Waals surface area contributed by atoms with Gasteiger partial charge in [-0.1, -0.05) is 24.3 Å². The van der Waals surface area contributed by atoms with Gasteiger partial charge in [0.15, 0.2) is 0 Å². The van der Waals surface area contributed by atoms with E-state index in [4.69, 9.17) is 21.5 Å². The van der Waals surface area contributed by atoms with Gasteiger partial charge in [-0.05, 0) is 29.8 Å². The number of ether oxygens (including phenoxy) is 1. The van der Waals surface area contributed by atoms with E-state index in [2.05, 4.69) is 11.2 Å². The van der Waals surface area contributed by atoms with Crippen molar-refractivity contribution in [3.63, 3.8) is 0 Å². The molecule has 0 spiro atoms. The van der Waals surface area contributed by atoms with Crippen LogP contribution in [0.15, 0.2) is 48.5 Å². The van der Waals surface area contributed by atoms with Crippen LogP contribution < -0.4 is 16.2 Å². The lowest BCUT2D eigenvalue weighted by Crippen LogP contribution is -2.46. The maximum absolute atomic E-state index is 12.6. The number of hydrogen-bond donors (Lipinski definition) is 2. The van der Waals surface area contributed by atoms with Crippen LogP contribution in [0.1, 0.15) is 33.2 Å². The van der Waals surface area contributed by atoms with Crippen LogP contribution in [-0.2, 0) is 6.54 Å². The predicted octanol–water partition coefficient (Wildman–Crippen LogP) is 2.01. The molecule has 1 atom stereocenters. The Bertz CT molecular complexity index is 1210. The highest BCUT2D eigenvalue weighted by Crippen LogP contribution is 2.38. The fourth-order valence-electron chi connectivity index (χ4n) is 3.93. The zero-order valence-electron chi connectivity index (χ0n) is 16.8. The zero-order valence-corrected chi connectivity index (χ0v) is 16.8. The highest BCUT2D eigenvalue weighted by Gasteiger charge is 2.37. The van der Waals surface area contributed by atoms with Crippen molar-refractivity contribution in [3.8, 4) is 23.1 Å². The first-order chi connectivity index (χ1) is 14.9. The summed E-state index contributed by atoms with van der Waals surface area (Å²) in [7, 11) is 1.55. The van der Waals surface area contributed by atoms with Crippen molar-refractivity contribution in [2.24, 2.45) is 11.5 Å². The lowest BCUT2D eigenvalue weighted by Gasteiger charge is -2.35. The van der Waals surface area contributed by atoms with E-state index in [9.17, 15) is 9.59 Å². The molecule has 3 amide bonds. The number of carbonyl (C=O) groups is 2. The van der Waals surface area contributed by atoms with E-state index in [1.165, 1.54) is 4.90 Å². The number of aromatic nitrogens is 2. The Morgan fingerprint density at radius 2 is 1.90 bits per heavy atom. The first-order valence-corrected chi connectivity index (χ1v) is 9.55. The van der Waals surface area contributed by atoms with E-state index >= 15 is 0 Å². The van der Waals surface area contributed by atoms with Gasteiger partial charge in [0.05, 0.1) is 36.5 Å². The summed E-state index contributed by atoms with van der Waals surface area (Å²) >= 11 is 0. The van der Waals surface area contributed by atoms with Gasteiger partial charge < -0.3 is 21.1 Å². The van der Waals surface area contributed by atoms with Gasteiger partial charge in [-0.25, -0.2) is 4.79 Å². The molecule has 9 heteroatoms. The summed E-state index contributed by atoms with van der Waals surface area (Å²) in [5, 5.41) is 13.8. The summed E-state index contributed by atoms with van der Waals surface area (Å²) in [5.41, 5.74) is 14.4. The molecule has 1 unspecified atom stereocenters. The molecule has 1 aromatic heterocycles. The van der Waals surface area contributed by atoms with Crippen LogP contribution in [0.5, 0.6) is 5.75 Å². The number of carbonyl (C=O) groups excluding carboxylic acids is 2. The minimum atomic E-state index is -0.673. The molecule has 0 saturated carbocycles. The van der Waals surface area contributed by atoms with Crippen LogP contribution >= 0.6 is 0 Å². The second-order valence-electron chi connectivity index (χ2n) is 7.10. The molecule has 1 aliphatic rings. The summed E-state index contributed by atoms with van der Waals surface area (Å²) in [5.74, 6) is -0.0506. The van der Waals surface area contributed by atoms with E-state index in [-0.39, 0.29) is 5.56 Å². The van der Waals surface area contributed by atoms with E-state index < -0.39 is 18.0 Å². The molecule has 0 radical (unpaired) electrons. The minimum Gasteiger partial charge on any atom is -0.497 e. The third kappa shape index (κ3) is 3.44. The molecular weight excluding hydrogens is 396 g/mol. The molecule has 1 aliphatic heterocycles. The molecule has 0 bridgehead atoms. The normalized spacial score (nSPS) is 15.1. The zero-order chi connectivity index (χ0) is 22.1. The second-order valence-corrected chi connectivity index (χ2v) is 7.10. The lowest BCUT2D eigenvalue weighted by molar-refractivity contribution is 0.0995. The first-order valence-electron chi connectivity index (χ1n) is 9.55. The molecular formula is C22H20N6O3. The number of nitrogens with two attached hydrogens (primary N) is 2. The number of benzene rings is 2. The molecule has 31 heavy (non-hydrogen) atoms. The molecule has 4 rings (SSSR count). The van der Waals surface area contributed by atoms with Crippen LogP contribution in [0.3, 0.4) is 0 Å². The summed E-state index contributed by atoms with van der Waals surface area (Å²) in [6.45, 7) is 0.666. The molecule has 2 heterocycles. The van der Waals surface area contributed by atoms with E-state index in [0.717, 1.165) is 0 Å². The highest BCUT2D eigenvalue weighted by molar-refractivity contribution is 6.00. The van der Waals surface area contributed by atoms with Crippen molar-refractivity contribution >= 4 is 11.9 Å². The van der Waals surface area contributed by atoms with E-state index in [1.807, 2.05) is 6.07 Å². The molecule has 156 valence electrons. The minimum absolute atomic E-state index is 0.216.